The third-order valence-corrected chi connectivity index (χ3v) is 3.99. The van der Waals surface area contributed by atoms with Gasteiger partial charge < -0.3 is 10.4 Å². The third-order valence-electron chi connectivity index (χ3n) is 3.99. The molecule has 0 aliphatic carbocycles. The van der Waals surface area contributed by atoms with Gasteiger partial charge in [-0.1, -0.05) is 12.1 Å². The summed E-state index contributed by atoms with van der Waals surface area (Å²) in [6.45, 7) is 1.96. The van der Waals surface area contributed by atoms with E-state index in [-0.39, 0.29) is 6.61 Å². The summed E-state index contributed by atoms with van der Waals surface area (Å²) in [5, 5.41) is 21.6. The molecule has 0 amide bonds. The Morgan fingerprint density at radius 1 is 1.13 bits per heavy atom. The van der Waals surface area contributed by atoms with Crippen molar-refractivity contribution in [1.29, 1.82) is 0 Å². The van der Waals surface area contributed by atoms with Gasteiger partial charge in [-0.25, -0.2) is 9.97 Å². The van der Waals surface area contributed by atoms with Crippen LogP contribution in [0.3, 0.4) is 0 Å². The molecule has 2 aromatic carbocycles. The summed E-state index contributed by atoms with van der Waals surface area (Å²) >= 11 is 0. The number of benzene rings is 2. The number of nitrogens with zero attached hydrogens (tertiary/aromatic N) is 3. The second-order valence-corrected chi connectivity index (χ2v) is 5.44. The number of rotatable bonds is 3. The molecule has 0 saturated heterocycles. The molecular formula is C17H15N5O. The van der Waals surface area contributed by atoms with Crippen LogP contribution >= 0.6 is 0 Å². The molecule has 23 heavy (non-hydrogen) atoms. The quantitative estimate of drug-likeness (QED) is 0.541. The van der Waals surface area contributed by atoms with Crippen LogP contribution in [-0.2, 0) is 6.61 Å². The minimum Gasteiger partial charge on any atom is -0.392 e. The monoisotopic (exact) mass is 305 g/mol. The summed E-state index contributed by atoms with van der Waals surface area (Å²) in [7, 11) is 0. The van der Waals surface area contributed by atoms with Crippen LogP contribution in [0.2, 0.25) is 0 Å². The summed E-state index contributed by atoms with van der Waals surface area (Å²) in [6, 6.07) is 9.74. The van der Waals surface area contributed by atoms with Gasteiger partial charge in [0, 0.05) is 22.7 Å². The Morgan fingerprint density at radius 2 is 2.00 bits per heavy atom. The van der Waals surface area contributed by atoms with Crippen molar-refractivity contribution in [3.8, 4) is 0 Å². The number of nitrogens with one attached hydrogen (secondary N) is 2. The number of hydrogen-bond acceptors (Lipinski definition) is 5. The average Bonchev–Trinajstić information content (AvgIpc) is 3.03. The molecule has 2 aromatic heterocycles. The molecule has 0 bridgehead atoms. The van der Waals surface area contributed by atoms with E-state index in [9.17, 15) is 5.11 Å². The number of anilines is 2. The maximum absolute atomic E-state index is 9.39. The van der Waals surface area contributed by atoms with Gasteiger partial charge in [0.15, 0.2) is 0 Å². The molecule has 0 unspecified atom stereocenters. The van der Waals surface area contributed by atoms with Crippen LogP contribution in [0, 0.1) is 6.92 Å². The van der Waals surface area contributed by atoms with Crippen molar-refractivity contribution in [2.24, 2.45) is 0 Å². The highest BCUT2D eigenvalue weighted by molar-refractivity contribution is 5.84. The van der Waals surface area contributed by atoms with Crippen molar-refractivity contribution in [2.45, 2.75) is 13.5 Å². The lowest BCUT2D eigenvalue weighted by molar-refractivity contribution is 0.281. The number of aryl methyl sites for hydroxylation is 1. The summed E-state index contributed by atoms with van der Waals surface area (Å²) in [6.07, 6.45) is 3.57. The zero-order valence-corrected chi connectivity index (χ0v) is 12.5. The van der Waals surface area contributed by atoms with Gasteiger partial charge in [-0.2, -0.15) is 5.10 Å². The second-order valence-electron chi connectivity index (χ2n) is 5.44. The normalized spacial score (nSPS) is 11.2. The van der Waals surface area contributed by atoms with E-state index in [1.54, 1.807) is 12.4 Å². The van der Waals surface area contributed by atoms with Gasteiger partial charge in [0.2, 0.25) is 5.95 Å². The highest BCUT2D eigenvalue weighted by Crippen LogP contribution is 2.23. The number of aliphatic hydroxyl groups excluding tert-OH is 1. The molecule has 6 nitrogen and oxygen atoms in total. The number of fused-ring (bicyclic) bond motifs is 2. The van der Waals surface area contributed by atoms with Crippen molar-refractivity contribution in [1.82, 2.24) is 20.2 Å². The van der Waals surface area contributed by atoms with Gasteiger partial charge in [-0.3, -0.25) is 5.10 Å². The molecule has 0 aliphatic heterocycles. The fourth-order valence-electron chi connectivity index (χ4n) is 2.66. The summed E-state index contributed by atoms with van der Waals surface area (Å²) in [5.41, 5.74) is 4.53. The molecular weight excluding hydrogens is 290 g/mol. The highest BCUT2D eigenvalue weighted by Gasteiger charge is 2.07. The molecule has 3 N–H and O–H groups in total. The van der Waals surface area contributed by atoms with E-state index >= 15 is 0 Å². The smallest absolute Gasteiger partial charge is 0.227 e. The van der Waals surface area contributed by atoms with Crippen molar-refractivity contribution in [3.05, 3.63) is 53.9 Å². The fourth-order valence-corrected chi connectivity index (χ4v) is 2.66. The SMILES string of the molecule is Cc1c(CO)ccc2cnc(Nc3ccc4cn[nH]c4c3)nc12. The minimum absolute atomic E-state index is 0.00499. The molecule has 114 valence electrons. The lowest BCUT2D eigenvalue weighted by Gasteiger charge is -2.09. The lowest BCUT2D eigenvalue weighted by atomic mass is 10.1. The Labute approximate surface area is 132 Å². The van der Waals surface area contributed by atoms with E-state index in [0.717, 1.165) is 38.6 Å². The predicted molar refractivity (Wildman–Crippen MR) is 89.6 cm³/mol. The van der Waals surface area contributed by atoms with E-state index in [0.29, 0.717) is 5.95 Å². The number of hydrogen-bond donors (Lipinski definition) is 3. The first-order chi connectivity index (χ1) is 11.2. The van der Waals surface area contributed by atoms with Gasteiger partial charge in [0.25, 0.3) is 0 Å². The summed E-state index contributed by atoms with van der Waals surface area (Å²) in [5.74, 6) is 0.523. The van der Waals surface area contributed by atoms with Gasteiger partial charge >= 0.3 is 0 Å². The zero-order chi connectivity index (χ0) is 15.8. The molecule has 0 radical (unpaired) electrons. The third kappa shape index (κ3) is 2.39. The standard InChI is InChI=1S/C17H15N5O/c1-10-13(9-23)3-2-12-7-18-17(21-16(10)12)20-14-5-4-11-8-19-22-15(11)6-14/h2-8,23H,9H2,1H3,(H,19,22)(H,18,20,21). The van der Waals surface area contributed by atoms with Gasteiger partial charge in [0.05, 0.1) is 23.8 Å². The van der Waals surface area contributed by atoms with Crippen molar-refractivity contribution in [3.63, 3.8) is 0 Å². The molecule has 0 saturated carbocycles. The molecule has 6 heteroatoms. The van der Waals surface area contributed by atoms with E-state index < -0.39 is 0 Å². The van der Waals surface area contributed by atoms with Gasteiger partial charge in [-0.05, 0) is 36.2 Å². The Kier molecular flexibility index (Phi) is 3.17. The number of H-pyrrole nitrogens is 1. The Bertz CT molecular complexity index is 1010. The van der Waals surface area contributed by atoms with E-state index in [4.69, 9.17) is 0 Å². The van der Waals surface area contributed by atoms with Crippen LogP contribution in [0.1, 0.15) is 11.1 Å². The molecule has 0 fully saturated rings. The first-order valence-electron chi connectivity index (χ1n) is 7.31. The first kappa shape index (κ1) is 13.7. The molecule has 0 atom stereocenters. The van der Waals surface area contributed by atoms with Crippen LogP contribution in [0.15, 0.2) is 42.7 Å². The molecule has 4 aromatic rings. The minimum atomic E-state index is 0.00499. The zero-order valence-electron chi connectivity index (χ0n) is 12.5. The molecule has 4 rings (SSSR count). The van der Waals surface area contributed by atoms with Crippen molar-refractivity contribution >= 4 is 33.4 Å². The van der Waals surface area contributed by atoms with Crippen LogP contribution in [-0.4, -0.2) is 25.3 Å². The van der Waals surface area contributed by atoms with E-state index in [1.807, 2.05) is 37.3 Å². The van der Waals surface area contributed by atoms with Gasteiger partial charge in [0.1, 0.15) is 0 Å². The second kappa shape index (κ2) is 5.33. The van der Waals surface area contributed by atoms with Crippen molar-refractivity contribution < 1.29 is 5.11 Å². The largest absolute Gasteiger partial charge is 0.392 e. The Morgan fingerprint density at radius 3 is 2.87 bits per heavy atom. The number of aromatic amines is 1. The maximum Gasteiger partial charge on any atom is 0.227 e. The van der Waals surface area contributed by atoms with Crippen LogP contribution in [0.4, 0.5) is 11.6 Å². The van der Waals surface area contributed by atoms with Crippen LogP contribution < -0.4 is 5.32 Å². The first-order valence-corrected chi connectivity index (χ1v) is 7.31. The van der Waals surface area contributed by atoms with Crippen LogP contribution in [0.25, 0.3) is 21.8 Å². The van der Waals surface area contributed by atoms with Gasteiger partial charge in [-0.15, -0.1) is 0 Å². The topological polar surface area (TPSA) is 86.7 Å². The molecule has 2 heterocycles. The number of aliphatic hydroxyl groups is 1. The Hall–Kier alpha value is -2.99. The van der Waals surface area contributed by atoms with E-state index in [1.165, 1.54) is 0 Å². The highest BCUT2D eigenvalue weighted by atomic mass is 16.3. The van der Waals surface area contributed by atoms with Crippen LogP contribution in [0.5, 0.6) is 0 Å². The van der Waals surface area contributed by atoms with E-state index in [2.05, 4.69) is 25.5 Å². The molecule has 0 aliphatic rings. The summed E-state index contributed by atoms with van der Waals surface area (Å²) in [4.78, 5) is 8.94. The Balaban J connectivity index is 1.74. The predicted octanol–water partition coefficient (Wildman–Crippen LogP) is 3.05. The summed E-state index contributed by atoms with van der Waals surface area (Å²) < 4.78 is 0. The average molecular weight is 305 g/mol. The maximum atomic E-state index is 9.39. The van der Waals surface area contributed by atoms with Crippen molar-refractivity contribution in [2.75, 3.05) is 5.32 Å². The lowest BCUT2D eigenvalue weighted by Crippen LogP contribution is -1.99. The molecule has 0 spiro atoms. The number of aromatic nitrogens is 4. The fraction of sp³-hybridized carbons (Fsp3) is 0.118.